The van der Waals surface area contributed by atoms with Crippen molar-refractivity contribution in [3.8, 4) is 0 Å². The van der Waals surface area contributed by atoms with Crippen LogP contribution in [-0.2, 0) is 4.74 Å². The summed E-state index contributed by atoms with van der Waals surface area (Å²) in [5, 5.41) is 3.11. The fraction of sp³-hybridized carbons (Fsp3) is 0.500. The molecule has 100 valence electrons. The van der Waals surface area contributed by atoms with E-state index in [9.17, 15) is 13.2 Å². The first-order valence-electron chi connectivity index (χ1n) is 5.80. The largest absolute Gasteiger partial charge is 0.524 e. The molecule has 1 saturated heterocycles. The number of benzene rings is 1. The highest BCUT2D eigenvalue weighted by molar-refractivity contribution is 5.17. The summed E-state index contributed by atoms with van der Waals surface area (Å²) in [7, 11) is 0. The summed E-state index contributed by atoms with van der Waals surface area (Å²) in [6.45, 7) is 2.42. The maximum absolute atomic E-state index is 12.5. The molecular formula is C12H15F3N2O. The Morgan fingerprint density at radius 1 is 1.11 bits per heavy atom. The van der Waals surface area contributed by atoms with Gasteiger partial charge in [0.1, 0.15) is 6.23 Å². The topological polar surface area (TPSA) is 24.5 Å². The zero-order chi connectivity index (χ0) is 13.0. The lowest BCUT2D eigenvalue weighted by Crippen LogP contribution is -2.46. The first-order valence-corrected chi connectivity index (χ1v) is 5.80. The van der Waals surface area contributed by atoms with E-state index < -0.39 is 12.6 Å². The van der Waals surface area contributed by atoms with E-state index in [0.717, 1.165) is 0 Å². The van der Waals surface area contributed by atoms with Gasteiger partial charge in [0, 0.05) is 26.2 Å². The number of rotatable bonds is 3. The standard InChI is InChI=1S/C12H15F3N2O/c13-12(14,15)18-11(10-4-2-1-3-5-10)17-8-6-16-7-9-17/h1-5,11,16H,6-9H2. The second kappa shape index (κ2) is 5.69. The first kappa shape index (κ1) is 13.3. The molecule has 0 aliphatic carbocycles. The highest BCUT2D eigenvalue weighted by Crippen LogP contribution is 2.30. The molecule has 1 aliphatic rings. The average Bonchev–Trinajstić information content (AvgIpc) is 2.37. The summed E-state index contributed by atoms with van der Waals surface area (Å²) < 4.78 is 41.7. The van der Waals surface area contributed by atoms with Crippen molar-refractivity contribution in [2.24, 2.45) is 0 Å². The van der Waals surface area contributed by atoms with Crippen LogP contribution in [0.25, 0.3) is 0 Å². The lowest BCUT2D eigenvalue weighted by atomic mass is 10.1. The Balaban J connectivity index is 2.17. The van der Waals surface area contributed by atoms with Crippen LogP contribution in [0.3, 0.4) is 0 Å². The number of hydrogen-bond acceptors (Lipinski definition) is 3. The lowest BCUT2D eigenvalue weighted by Gasteiger charge is -2.35. The van der Waals surface area contributed by atoms with Gasteiger partial charge in [-0.25, -0.2) is 0 Å². The van der Waals surface area contributed by atoms with Gasteiger partial charge in [0.05, 0.1) is 0 Å². The third-order valence-corrected chi connectivity index (χ3v) is 2.81. The Bertz CT molecular complexity index is 363. The van der Waals surface area contributed by atoms with Crippen molar-refractivity contribution in [3.63, 3.8) is 0 Å². The van der Waals surface area contributed by atoms with E-state index in [1.54, 1.807) is 35.2 Å². The quantitative estimate of drug-likeness (QED) is 0.901. The van der Waals surface area contributed by atoms with E-state index in [1.165, 1.54) is 0 Å². The normalized spacial score (nSPS) is 19.7. The number of nitrogens with zero attached hydrogens (tertiary/aromatic N) is 1. The first-order chi connectivity index (χ1) is 8.56. The summed E-state index contributed by atoms with van der Waals surface area (Å²) in [5.41, 5.74) is 0.525. The van der Waals surface area contributed by atoms with Gasteiger partial charge in [0.2, 0.25) is 0 Å². The third-order valence-electron chi connectivity index (χ3n) is 2.81. The molecular weight excluding hydrogens is 245 g/mol. The molecule has 1 unspecified atom stereocenters. The van der Waals surface area contributed by atoms with Crippen LogP contribution < -0.4 is 5.32 Å². The molecule has 1 heterocycles. The number of alkyl halides is 3. The van der Waals surface area contributed by atoms with Crippen molar-refractivity contribution >= 4 is 0 Å². The van der Waals surface area contributed by atoms with Crippen molar-refractivity contribution < 1.29 is 17.9 Å². The molecule has 0 radical (unpaired) electrons. The molecule has 0 spiro atoms. The molecule has 3 nitrogen and oxygen atoms in total. The lowest BCUT2D eigenvalue weighted by molar-refractivity contribution is -0.363. The van der Waals surface area contributed by atoms with Crippen LogP contribution in [0.5, 0.6) is 0 Å². The number of halogens is 3. The molecule has 1 aliphatic heterocycles. The van der Waals surface area contributed by atoms with E-state index in [0.29, 0.717) is 31.7 Å². The summed E-state index contributed by atoms with van der Waals surface area (Å²) in [6, 6.07) is 8.50. The average molecular weight is 260 g/mol. The van der Waals surface area contributed by atoms with Crippen molar-refractivity contribution in [2.45, 2.75) is 12.6 Å². The highest BCUT2D eigenvalue weighted by atomic mass is 19.4. The van der Waals surface area contributed by atoms with Crippen molar-refractivity contribution in [3.05, 3.63) is 35.9 Å². The predicted octanol–water partition coefficient (Wildman–Crippen LogP) is 2.13. The van der Waals surface area contributed by atoms with Gasteiger partial charge in [-0.2, -0.15) is 0 Å². The molecule has 18 heavy (non-hydrogen) atoms. The monoisotopic (exact) mass is 260 g/mol. The van der Waals surface area contributed by atoms with E-state index in [-0.39, 0.29) is 0 Å². The molecule has 1 atom stereocenters. The van der Waals surface area contributed by atoms with Gasteiger partial charge in [-0.1, -0.05) is 30.3 Å². The smallest absolute Gasteiger partial charge is 0.314 e. The maximum Gasteiger partial charge on any atom is 0.524 e. The van der Waals surface area contributed by atoms with E-state index >= 15 is 0 Å². The Labute approximate surface area is 104 Å². The van der Waals surface area contributed by atoms with Gasteiger partial charge in [-0.15, -0.1) is 13.2 Å². The molecule has 0 bridgehead atoms. The van der Waals surface area contributed by atoms with Gasteiger partial charge >= 0.3 is 6.36 Å². The molecule has 1 fully saturated rings. The minimum absolute atomic E-state index is 0.525. The summed E-state index contributed by atoms with van der Waals surface area (Å²) in [6.07, 6.45) is -5.70. The van der Waals surface area contributed by atoms with Gasteiger partial charge in [-0.05, 0) is 5.56 Å². The Morgan fingerprint density at radius 2 is 1.72 bits per heavy atom. The third kappa shape index (κ3) is 3.69. The van der Waals surface area contributed by atoms with Crippen LogP contribution in [0.4, 0.5) is 13.2 Å². The molecule has 0 aromatic heterocycles. The van der Waals surface area contributed by atoms with Crippen LogP contribution in [0.2, 0.25) is 0 Å². The molecule has 2 rings (SSSR count). The zero-order valence-electron chi connectivity index (χ0n) is 9.78. The number of nitrogens with one attached hydrogen (secondary N) is 1. The van der Waals surface area contributed by atoms with Gasteiger partial charge < -0.3 is 5.32 Å². The second-order valence-electron chi connectivity index (χ2n) is 4.11. The van der Waals surface area contributed by atoms with Crippen LogP contribution in [0, 0.1) is 0 Å². The Hall–Kier alpha value is -1.11. The highest BCUT2D eigenvalue weighted by Gasteiger charge is 2.37. The minimum atomic E-state index is -4.63. The number of hydrogen-bond donors (Lipinski definition) is 1. The van der Waals surface area contributed by atoms with Gasteiger partial charge in [-0.3, -0.25) is 9.64 Å². The molecule has 1 aromatic rings. The van der Waals surface area contributed by atoms with Crippen LogP contribution in [0.1, 0.15) is 11.8 Å². The Morgan fingerprint density at radius 3 is 2.28 bits per heavy atom. The SMILES string of the molecule is FC(F)(F)OC(c1ccccc1)N1CCNCC1. The van der Waals surface area contributed by atoms with Crippen LogP contribution in [-0.4, -0.2) is 37.4 Å². The predicted molar refractivity (Wildman–Crippen MR) is 60.8 cm³/mol. The van der Waals surface area contributed by atoms with Gasteiger partial charge in [0.15, 0.2) is 0 Å². The zero-order valence-corrected chi connectivity index (χ0v) is 9.78. The molecule has 0 saturated carbocycles. The second-order valence-corrected chi connectivity index (χ2v) is 4.11. The number of ether oxygens (including phenoxy) is 1. The van der Waals surface area contributed by atoms with E-state index in [1.807, 2.05) is 0 Å². The number of piperazine rings is 1. The fourth-order valence-corrected chi connectivity index (χ4v) is 2.01. The molecule has 1 N–H and O–H groups in total. The van der Waals surface area contributed by atoms with Gasteiger partial charge in [0.25, 0.3) is 0 Å². The van der Waals surface area contributed by atoms with Crippen LogP contribution in [0.15, 0.2) is 30.3 Å². The fourth-order valence-electron chi connectivity index (χ4n) is 2.01. The van der Waals surface area contributed by atoms with E-state index in [4.69, 9.17) is 0 Å². The maximum atomic E-state index is 12.5. The molecule has 6 heteroatoms. The summed E-state index contributed by atoms with van der Waals surface area (Å²) >= 11 is 0. The van der Waals surface area contributed by atoms with Crippen molar-refractivity contribution in [1.29, 1.82) is 0 Å². The molecule has 0 amide bonds. The van der Waals surface area contributed by atoms with E-state index in [2.05, 4.69) is 10.1 Å². The Kier molecular flexibility index (Phi) is 4.21. The molecule has 1 aromatic carbocycles. The minimum Gasteiger partial charge on any atom is -0.314 e. The van der Waals surface area contributed by atoms with Crippen LogP contribution >= 0.6 is 0 Å². The summed E-state index contributed by atoms with van der Waals surface area (Å²) in [4.78, 5) is 1.69. The van der Waals surface area contributed by atoms with Crippen molar-refractivity contribution in [1.82, 2.24) is 10.2 Å². The summed E-state index contributed by atoms with van der Waals surface area (Å²) in [5.74, 6) is 0. The van der Waals surface area contributed by atoms with Crippen molar-refractivity contribution in [2.75, 3.05) is 26.2 Å².